The van der Waals surface area contributed by atoms with Crippen LogP contribution in [0.1, 0.15) is 0 Å². The van der Waals surface area contributed by atoms with Gasteiger partial charge in [0.2, 0.25) is 0 Å². The van der Waals surface area contributed by atoms with E-state index in [1.165, 1.54) is 11.1 Å². The van der Waals surface area contributed by atoms with E-state index in [-0.39, 0.29) is 0 Å². The fourth-order valence-corrected chi connectivity index (χ4v) is 1.26. The first-order valence-electron chi connectivity index (χ1n) is 4.40. The molecule has 0 spiro atoms. The molecule has 0 fully saturated rings. The summed E-state index contributed by atoms with van der Waals surface area (Å²) in [4.78, 5) is 0. The van der Waals surface area contributed by atoms with Crippen molar-refractivity contribution >= 4 is 0 Å². The minimum Gasteiger partial charge on any atom is -0.124 e. The molecule has 0 amide bonds. The standard InChI is InChI=1S/C12H10.C2H2/c1-3-7-11(8-4-1)12-9-5-2-6-10-12;1-2/h1-10H;1-2H. The second-order valence-corrected chi connectivity index (χ2v) is 2.73. The summed E-state index contributed by atoms with van der Waals surface area (Å²) in [5.74, 6) is 0. The molecule has 0 heteroatoms. The average Bonchev–Trinajstić information content (AvgIpc) is 2.34. The third-order valence-corrected chi connectivity index (χ3v) is 1.88. The van der Waals surface area contributed by atoms with Gasteiger partial charge in [0, 0.05) is 0 Å². The van der Waals surface area contributed by atoms with Gasteiger partial charge in [-0.05, 0) is 11.1 Å². The fraction of sp³-hybridized carbons (Fsp3) is 0. The lowest BCUT2D eigenvalue weighted by atomic mass is 10.1. The normalized spacial score (nSPS) is 8.43. The topological polar surface area (TPSA) is 0 Å². The molecule has 68 valence electrons. The molecule has 2 aromatic rings. The van der Waals surface area contributed by atoms with Gasteiger partial charge in [-0.3, -0.25) is 0 Å². The zero-order chi connectivity index (χ0) is 10.2. The Morgan fingerprint density at radius 1 is 0.500 bits per heavy atom. The Morgan fingerprint density at radius 3 is 1.07 bits per heavy atom. The minimum atomic E-state index is 1.28. The molecule has 0 aromatic heterocycles. The SMILES string of the molecule is C#C.c1ccc(-c2ccccc2)cc1. The van der Waals surface area contributed by atoms with Crippen molar-refractivity contribution in [1.29, 1.82) is 0 Å². The Kier molecular flexibility index (Phi) is 4.04. The van der Waals surface area contributed by atoms with Crippen LogP contribution < -0.4 is 0 Å². The van der Waals surface area contributed by atoms with Crippen molar-refractivity contribution in [2.24, 2.45) is 0 Å². The molecule has 0 bridgehead atoms. The molecule has 0 N–H and O–H groups in total. The Bertz CT molecular complexity index is 333. The summed E-state index contributed by atoms with van der Waals surface area (Å²) in [6.45, 7) is 0. The second kappa shape index (κ2) is 5.61. The van der Waals surface area contributed by atoms with E-state index in [0.29, 0.717) is 0 Å². The van der Waals surface area contributed by atoms with Crippen LogP contribution >= 0.6 is 0 Å². The van der Waals surface area contributed by atoms with Crippen molar-refractivity contribution in [1.82, 2.24) is 0 Å². The number of hydrogen-bond acceptors (Lipinski definition) is 0. The van der Waals surface area contributed by atoms with E-state index in [4.69, 9.17) is 0 Å². The van der Waals surface area contributed by atoms with Gasteiger partial charge in [-0.2, -0.15) is 0 Å². The van der Waals surface area contributed by atoms with Crippen LogP contribution in [0.3, 0.4) is 0 Å². The van der Waals surface area contributed by atoms with Gasteiger partial charge in [0.05, 0.1) is 0 Å². The summed E-state index contributed by atoms with van der Waals surface area (Å²) in [5.41, 5.74) is 2.55. The molecule has 2 aromatic carbocycles. The first-order chi connectivity index (χ1) is 6.97. The monoisotopic (exact) mass is 180 g/mol. The van der Waals surface area contributed by atoms with Crippen LogP contribution in [0.25, 0.3) is 11.1 Å². The quantitative estimate of drug-likeness (QED) is 0.588. The maximum absolute atomic E-state index is 4.00. The zero-order valence-corrected chi connectivity index (χ0v) is 7.93. The molecule has 0 aliphatic heterocycles. The van der Waals surface area contributed by atoms with Crippen molar-refractivity contribution in [3.05, 3.63) is 60.7 Å². The fourth-order valence-electron chi connectivity index (χ4n) is 1.26. The summed E-state index contributed by atoms with van der Waals surface area (Å²) >= 11 is 0. The van der Waals surface area contributed by atoms with Gasteiger partial charge < -0.3 is 0 Å². The van der Waals surface area contributed by atoms with Crippen LogP contribution in [0.5, 0.6) is 0 Å². The minimum absolute atomic E-state index is 1.28. The van der Waals surface area contributed by atoms with E-state index >= 15 is 0 Å². The molecule has 0 atom stereocenters. The van der Waals surface area contributed by atoms with Gasteiger partial charge in [-0.25, -0.2) is 0 Å². The molecule has 0 saturated carbocycles. The summed E-state index contributed by atoms with van der Waals surface area (Å²) in [6.07, 6.45) is 8.00. The van der Waals surface area contributed by atoms with E-state index in [2.05, 4.69) is 61.4 Å². The van der Waals surface area contributed by atoms with Crippen molar-refractivity contribution in [2.75, 3.05) is 0 Å². The predicted molar refractivity (Wildman–Crippen MR) is 61.8 cm³/mol. The third-order valence-electron chi connectivity index (χ3n) is 1.88. The summed E-state index contributed by atoms with van der Waals surface area (Å²) in [5, 5.41) is 0. The van der Waals surface area contributed by atoms with Crippen LogP contribution in [0.4, 0.5) is 0 Å². The summed E-state index contributed by atoms with van der Waals surface area (Å²) in [7, 11) is 0. The molecular formula is C14H12. The van der Waals surface area contributed by atoms with Crippen molar-refractivity contribution in [2.45, 2.75) is 0 Å². The zero-order valence-electron chi connectivity index (χ0n) is 7.93. The Hall–Kier alpha value is -2.00. The Labute approximate surface area is 85.2 Å². The number of hydrogen-bond donors (Lipinski definition) is 0. The molecule has 0 unspecified atom stereocenters. The van der Waals surface area contributed by atoms with E-state index in [1.807, 2.05) is 12.1 Å². The molecule has 0 nitrogen and oxygen atoms in total. The van der Waals surface area contributed by atoms with E-state index < -0.39 is 0 Å². The average molecular weight is 180 g/mol. The molecule has 0 aliphatic rings. The van der Waals surface area contributed by atoms with Gasteiger partial charge in [0.15, 0.2) is 0 Å². The van der Waals surface area contributed by atoms with Gasteiger partial charge in [-0.1, -0.05) is 60.7 Å². The number of rotatable bonds is 1. The largest absolute Gasteiger partial charge is 0.124 e. The van der Waals surface area contributed by atoms with Crippen LogP contribution in [-0.2, 0) is 0 Å². The van der Waals surface area contributed by atoms with Crippen LogP contribution in [0, 0.1) is 12.8 Å². The molecule has 0 aliphatic carbocycles. The summed E-state index contributed by atoms with van der Waals surface area (Å²) in [6, 6.07) is 20.8. The Morgan fingerprint density at radius 2 is 0.786 bits per heavy atom. The lowest BCUT2D eigenvalue weighted by molar-refractivity contribution is 1.62. The van der Waals surface area contributed by atoms with Gasteiger partial charge in [0.25, 0.3) is 0 Å². The lowest BCUT2D eigenvalue weighted by Gasteiger charge is -1.98. The van der Waals surface area contributed by atoms with Gasteiger partial charge >= 0.3 is 0 Å². The predicted octanol–water partition coefficient (Wildman–Crippen LogP) is 3.60. The smallest absolute Gasteiger partial charge is 0.0184 e. The van der Waals surface area contributed by atoms with E-state index in [1.54, 1.807) is 0 Å². The molecule has 0 saturated heterocycles. The molecule has 14 heavy (non-hydrogen) atoms. The van der Waals surface area contributed by atoms with Crippen molar-refractivity contribution < 1.29 is 0 Å². The van der Waals surface area contributed by atoms with Gasteiger partial charge in [0.1, 0.15) is 0 Å². The highest BCUT2D eigenvalue weighted by atomic mass is 14.0. The Balaban J connectivity index is 0.000000461. The molecular weight excluding hydrogens is 168 g/mol. The lowest BCUT2D eigenvalue weighted by Crippen LogP contribution is -1.73. The van der Waals surface area contributed by atoms with Crippen LogP contribution in [0.2, 0.25) is 0 Å². The molecule has 2 rings (SSSR count). The maximum atomic E-state index is 4.00. The van der Waals surface area contributed by atoms with Crippen LogP contribution in [-0.4, -0.2) is 0 Å². The third kappa shape index (κ3) is 2.50. The van der Waals surface area contributed by atoms with E-state index in [9.17, 15) is 0 Å². The summed E-state index contributed by atoms with van der Waals surface area (Å²) < 4.78 is 0. The van der Waals surface area contributed by atoms with Crippen molar-refractivity contribution in [3.63, 3.8) is 0 Å². The maximum Gasteiger partial charge on any atom is -0.0184 e. The van der Waals surface area contributed by atoms with Crippen LogP contribution in [0.15, 0.2) is 60.7 Å². The first-order valence-corrected chi connectivity index (χ1v) is 4.40. The number of terminal acetylenes is 1. The highest BCUT2D eigenvalue weighted by molar-refractivity contribution is 5.62. The van der Waals surface area contributed by atoms with E-state index in [0.717, 1.165) is 0 Å². The second-order valence-electron chi connectivity index (χ2n) is 2.73. The first kappa shape index (κ1) is 10.1. The highest BCUT2D eigenvalue weighted by Gasteiger charge is 1.91. The van der Waals surface area contributed by atoms with Crippen molar-refractivity contribution in [3.8, 4) is 24.0 Å². The molecule has 0 heterocycles. The van der Waals surface area contributed by atoms with Gasteiger partial charge in [-0.15, -0.1) is 12.8 Å². The molecule has 0 radical (unpaired) electrons. The highest BCUT2D eigenvalue weighted by Crippen LogP contribution is 2.17. The number of benzene rings is 2.